The van der Waals surface area contributed by atoms with Gasteiger partial charge in [0.1, 0.15) is 0 Å². The summed E-state index contributed by atoms with van der Waals surface area (Å²) < 4.78 is 54.2. The largest absolute Gasteiger partial charge is 0.326 e. The molecule has 1 atom stereocenters. The molecule has 0 bridgehead atoms. The summed E-state index contributed by atoms with van der Waals surface area (Å²) in [6.45, 7) is 1.53. The number of carbonyl (C=O) groups excluding carboxylic acids is 1. The number of anilines is 2. The molecule has 30 heavy (non-hydrogen) atoms. The van der Waals surface area contributed by atoms with Gasteiger partial charge in [-0.25, -0.2) is 17.2 Å². The number of rotatable bonds is 6. The number of carbonyl (C=O) groups is 1. The first kappa shape index (κ1) is 21.7. The van der Waals surface area contributed by atoms with Crippen LogP contribution in [0.5, 0.6) is 0 Å². The third-order valence-corrected chi connectivity index (χ3v) is 6.06. The van der Waals surface area contributed by atoms with E-state index in [4.69, 9.17) is 11.6 Å². The van der Waals surface area contributed by atoms with E-state index in [-0.39, 0.29) is 26.9 Å². The van der Waals surface area contributed by atoms with Crippen molar-refractivity contribution in [1.82, 2.24) is 0 Å². The Bertz CT molecular complexity index is 1200. The van der Waals surface area contributed by atoms with Gasteiger partial charge in [-0.2, -0.15) is 0 Å². The predicted octanol–water partition coefficient (Wildman–Crippen LogP) is 5.16. The van der Waals surface area contributed by atoms with Crippen LogP contribution in [-0.4, -0.2) is 14.3 Å². The predicted molar refractivity (Wildman–Crippen MR) is 112 cm³/mol. The second kappa shape index (κ2) is 8.81. The highest BCUT2D eigenvalue weighted by atomic mass is 35.5. The van der Waals surface area contributed by atoms with E-state index >= 15 is 0 Å². The van der Waals surface area contributed by atoms with Crippen LogP contribution >= 0.6 is 11.6 Å². The molecule has 0 saturated carbocycles. The molecule has 3 aromatic carbocycles. The summed E-state index contributed by atoms with van der Waals surface area (Å²) in [6, 6.07) is 15.2. The van der Waals surface area contributed by atoms with Crippen LogP contribution in [0.1, 0.15) is 18.4 Å². The quantitative estimate of drug-likeness (QED) is 0.544. The molecule has 0 heterocycles. The lowest BCUT2D eigenvalue weighted by molar-refractivity contribution is -0.117. The minimum atomic E-state index is -3.95. The minimum absolute atomic E-state index is 0.0827. The highest BCUT2D eigenvalue weighted by molar-refractivity contribution is 7.92. The van der Waals surface area contributed by atoms with Gasteiger partial charge >= 0.3 is 0 Å². The second-order valence-corrected chi connectivity index (χ2v) is 8.59. The molecule has 0 fully saturated rings. The SMILES string of the molecule is CC(C(=O)Nc1cccc(S(=O)(=O)Nc2ccccc2Cl)c1)c1ccc(F)c(F)c1. The maximum absolute atomic E-state index is 13.4. The van der Waals surface area contributed by atoms with Crippen molar-refractivity contribution >= 4 is 38.9 Å². The standard InChI is InChI=1S/C21H17ClF2N2O3S/c1-13(14-9-10-18(23)19(24)11-14)21(27)25-15-5-4-6-16(12-15)30(28,29)26-20-8-3-2-7-17(20)22/h2-13,26H,1H3,(H,25,27). The highest BCUT2D eigenvalue weighted by Crippen LogP contribution is 2.26. The number of sulfonamides is 1. The van der Waals surface area contributed by atoms with Gasteiger partial charge in [0.15, 0.2) is 11.6 Å². The number of para-hydroxylation sites is 1. The molecule has 2 N–H and O–H groups in total. The molecule has 0 aliphatic rings. The highest BCUT2D eigenvalue weighted by Gasteiger charge is 2.19. The third-order valence-electron chi connectivity index (χ3n) is 4.37. The van der Waals surface area contributed by atoms with Crippen LogP contribution in [-0.2, 0) is 14.8 Å². The van der Waals surface area contributed by atoms with Gasteiger partial charge in [0.25, 0.3) is 10.0 Å². The summed E-state index contributed by atoms with van der Waals surface area (Å²) in [5.41, 5.74) is 0.743. The van der Waals surface area contributed by atoms with Crippen LogP contribution in [0.15, 0.2) is 71.6 Å². The Morgan fingerprint density at radius 3 is 2.40 bits per heavy atom. The van der Waals surface area contributed by atoms with Crippen LogP contribution in [0.2, 0.25) is 5.02 Å². The smallest absolute Gasteiger partial charge is 0.262 e. The molecular weight excluding hydrogens is 434 g/mol. The zero-order valence-corrected chi connectivity index (χ0v) is 17.3. The van der Waals surface area contributed by atoms with Gasteiger partial charge in [-0.1, -0.05) is 35.9 Å². The van der Waals surface area contributed by atoms with Crippen molar-refractivity contribution < 1.29 is 22.0 Å². The minimum Gasteiger partial charge on any atom is -0.326 e. The fraction of sp³-hybridized carbons (Fsp3) is 0.0952. The lowest BCUT2D eigenvalue weighted by Gasteiger charge is -2.14. The summed E-state index contributed by atoms with van der Waals surface area (Å²) in [4.78, 5) is 12.4. The van der Waals surface area contributed by atoms with Crippen LogP contribution in [0.25, 0.3) is 0 Å². The van der Waals surface area contributed by atoms with Gasteiger partial charge in [-0.15, -0.1) is 0 Å². The van der Waals surface area contributed by atoms with E-state index in [0.717, 1.165) is 12.1 Å². The number of hydrogen-bond acceptors (Lipinski definition) is 3. The zero-order chi connectivity index (χ0) is 21.9. The molecule has 1 unspecified atom stereocenters. The summed E-state index contributed by atoms with van der Waals surface area (Å²) in [5.74, 6) is -3.35. The fourth-order valence-electron chi connectivity index (χ4n) is 2.67. The van der Waals surface area contributed by atoms with E-state index in [1.54, 1.807) is 18.2 Å². The van der Waals surface area contributed by atoms with Crippen molar-refractivity contribution in [1.29, 1.82) is 0 Å². The first-order valence-electron chi connectivity index (χ1n) is 8.80. The van der Waals surface area contributed by atoms with Gasteiger partial charge in [0.05, 0.1) is 21.5 Å². The van der Waals surface area contributed by atoms with E-state index in [1.807, 2.05) is 0 Å². The number of benzene rings is 3. The van der Waals surface area contributed by atoms with Crippen molar-refractivity contribution in [2.75, 3.05) is 10.0 Å². The average Bonchev–Trinajstić information content (AvgIpc) is 2.71. The van der Waals surface area contributed by atoms with E-state index in [9.17, 15) is 22.0 Å². The average molecular weight is 451 g/mol. The van der Waals surface area contributed by atoms with Crippen molar-refractivity contribution in [2.24, 2.45) is 0 Å². The van der Waals surface area contributed by atoms with Gasteiger partial charge in [-0.05, 0) is 55.0 Å². The number of hydrogen-bond donors (Lipinski definition) is 2. The molecule has 3 rings (SSSR count). The van der Waals surface area contributed by atoms with Crippen LogP contribution in [0.4, 0.5) is 20.2 Å². The normalized spacial score (nSPS) is 12.3. The van der Waals surface area contributed by atoms with Crippen molar-refractivity contribution in [3.8, 4) is 0 Å². The van der Waals surface area contributed by atoms with Crippen LogP contribution < -0.4 is 10.0 Å². The molecule has 0 spiro atoms. The molecule has 0 aromatic heterocycles. The maximum atomic E-state index is 13.4. The lowest BCUT2D eigenvalue weighted by atomic mass is 10.00. The van der Waals surface area contributed by atoms with Gasteiger partial charge in [-0.3, -0.25) is 9.52 Å². The Morgan fingerprint density at radius 2 is 1.70 bits per heavy atom. The molecule has 0 radical (unpaired) electrons. The Hall–Kier alpha value is -2.97. The number of halogens is 3. The van der Waals surface area contributed by atoms with E-state index in [0.29, 0.717) is 0 Å². The molecule has 1 amide bonds. The van der Waals surface area contributed by atoms with Crippen molar-refractivity contribution in [2.45, 2.75) is 17.7 Å². The fourth-order valence-corrected chi connectivity index (χ4v) is 4.04. The zero-order valence-electron chi connectivity index (χ0n) is 15.7. The molecule has 0 aliphatic carbocycles. The topological polar surface area (TPSA) is 75.3 Å². The molecule has 0 saturated heterocycles. The Labute approximate surface area is 177 Å². The van der Waals surface area contributed by atoms with E-state index < -0.39 is 33.5 Å². The van der Waals surface area contributed by atoms with Gasteiger partial charge in [0, 0.05) is 5.69 Å². The molecule has 3 aromatic rings. The van der Waals surface area contributed by atoms with Gasteiger partial charge in [0.2, 0.25) is 5.91 Å². The molecule has 156 valence electrons. The summed E-state index contributed by atoms with van der Waals surface area (Å²) in [6.07, 6.45) is 0. The second-order valence-electron chi connectivity index (χ2n) is 6.50. The lowest BCUT2D eigenvalue weighted by Crippen LogP contribution is -2.19. The van der Waals surface area contributed by atoms with Gasteiger partial charge < -0.3 is 5.32 Å². The van der Waals surface area contributed by atoms with Crippen LogP contribution in [0.3, 0.4) is 0 Å². The molecular formula is C21H17ClF2N2O3S. The maximum Gasteiger partial charge on any atom is 0.262 e. The third kappa shape index (κ3) is 4.95. The molecule has 5 nitrogen and oxygen atoms in total. The summed E-state index contributed by atoms with van der Waals surface area (Å²) in [7, 11) is -3.95. The molecule has 0 aliphatic heterocycles. The first-order chi connectivity index (χ1) is 14.2. The van der Waals surface area contributed by atoms with E-state index in [1.165, 1.54) is 43.3 Å². The summed E-state index contributed by atoms with van der Waals surface area (Å²) in [5, 5.41) is 2.83. The Kier molecular flexibility index (Phi) is 6.38. The van der Waals surface area contributed by atoms with Crippen molar-refractivity contribution in [3.05, 3.63) is 89.0 Å². The molecule has 9 heteroatoms. The van der Waals surface area contributed by atoms with Crippen molar-refractivity contribution in [3.63, 3.8) is 0 Å². The Balaban J connectivity index is 1.78. The van der Waals surface area contributed by atoms with E-state index in [2.05, 4.69) is 10.0 Å². The number of nitrogens with one attached hydrogen (secondary N) is 2. The number of amides is 1. The Morgan fingerprint density at radius 1 is 0.967 bits per heavy atom. The summed E-state index contributed by atoms with van der Waals surface area (Å²) >= 11 is 6.00. The first-order valence-corrected chi connectivity index (χ1v) is 10.7. The van der Waals surface area contributed by atoms with Crippen LogP contribution in [0, 0.1) is 11.6 Å². The monoisotopic (exact) mass is 450 g/mol.